The molecule has 0 fully saturated rings. The van der Waals surface area contributed by atoms with Crippen molar-refractivity contribution in [2.75, 3.05) is 0 Å². The summed E-state index contributed by atoms with van der Waals surface area (Å²) in [5.74, 6) is 0.349. The maximum atomic E-state index is 12.9. The van der Waals surface area contributed by atoms with E-state index in [9.17, 15) is 9.59 Å². The number of Topliss-reactive ketones (excluding diaryl/α,β-unsaturated/α-hetero) is 1. The van der Waals surface area contributed by atoms with Crippen LogP contribution in [-0.4, -0.2) is 21.2 Å². The van der Waals surface area contributed by atoms with Gasteiger partial charge in [0.1, 0.15) is 5.82 Å². The lowest BCUT2D eigenvalue weighted by Gasteiger charge is -2.16. The van der Waals surface area contributed by atoms with Crippen molar-refractivity contribution in [2.45, 2.75) is 19.5 Å². The predicted octanol–water partition coefficient (Wildman–Crippen LogP) is 5.06. The number of hydrogen-bond donors (Lipinski definition) is 1. The molecule has 30 heavy (non-hydrogen) atoms. The van der Waals surface area contributed by atoms with Gasteiger partial charge in [0.05, 0.1) is 23.6 Å². The van der Waals surface area contributed by atoms with Crippen molar-refractivity contribution in [1.82, 2.24) is 14.9 Å². The summed E-state index contributed by atoms with van der Waals surface area (Å²) in [6.07, 6.45) is 0. The number of para-hydroxylation sites is 2. The monoisotopic (exact) mass is 417 g/mol. The first-order chi connectivity index (χ1) is 14.5. The molecular formula is C24H20ClN3O2. The summed E-state index contributed by atoms with van der Waals surface area (Å²) < 4.78 is 1.87. The van der Waals surface area contributed by atoms with Gasteiger partial charge in [0.15, 0.2) is 5.78 Å². The van der Waals surface area contributed by atoms with Crippen molar-refractivity contribution in [3.8, 4) is 0 Å². The van der Waals surface area contributed by atoms with Crippen LogP contribution in [0.1, 0.15) is 39.5 Å². The van der Waals surface area contributed by atoms with Crippen molar-refractivity contribution >= 4 is 34.3 Å². The largest absolute Gasteiger partial charge is 0.342 e. The fourth-order valence-electron chi connectivity index (χ4n) is 3.42. The Balaban J connectivity index is 1.65. The Morgan fingerprint density at radius 1 is 0.967 bits per heavy atom. The van der Waals surface area contributed by atoms with Crippen LogP contribution >= 0.6 is 11.6 Å². The number of rotatable bonds is 6. The minimum absolute atomic E-state index is 0.0200. The SMILES string of the molecule is CC(NC(=O)c1cccc(Cl)c1)c1nc2ccccc2n1CC(=O)c1ccccc1. The van der Waals surface area contributed by atoms with E-state index in [1.807, 2.05) is 54.0 Å². The van der Waals surface area contributed by atoms with Crippen LogP contribution in [0, 0.1) is 0 Å². The number of hydrogen-bond acceptors (Lipinski definition) is 3. The molecule has 4 aromatic rings. The normalized spacial score (nSPS) is 11.9. The quantitative estimate of drug-likeness (QED) is 0.446. The third kappa shape index (κ3) is 4.11. The molecule has 6 heteroatoms. The second-order valence-corrected chi connectivity index (χ2v) is 7.48. The van der Waals surface area contributed by atoms with Crippen LogP contribution in [0.2, 0.25) is 5.02 Å². The third-order valence-electron chi connectivity index (χ3n) is 4.90. The van der Waals surface area contributed by atoms with Crippen LogP contribution in [0.15, 0.2) is 78.9 Å². The Labute approximate surface area is 179 Å². The second-order valence-electron chi connectivity index (χ2n) is 7.04. The first-order valence-corrected chi connectivity index (χ1v) is 10.0. The second kappa shape index (κ2) is 8.51. The van der Waals surface area contributed by atoms with E-state index in [1.165, 1.54) is 0 Å². The molecule has 1 unspecified atom stereocenters. The Kier molecular flexibility index (Phi) is 5.63. The van der Waals surface area contributed by atoms with E-state index in [-0.39, 0.29) is 18.2 Å². The first-order valence-electron chi connectivity index (χ1n) is 9.63. The van der Waals surface area contributed by atoms with Crippen molar-refractivity contribution in [1.29, 1.82) is 0 Å². The van der Waals surface area contributed by atoms with Gasteiger partial charge in [-0.3, -0.25) is 9.59 Å². The molecule has 1 aromatic heterocycles. The molecular weight excluding hydrogens is 398 g/mol. The smallest absolute Gasteiger partial charge is 0.251 e. The molecule has 5 nitrogen and oxygen atoms in total. The molecule has 0 spiro atoms. The van der Waals surface area contributed by atoms with Crippen LogP contribution in [0.4, 0.5) is 0 Å². The number of aromatic nitrogens is 2. The van der Waals surface area contributed by atoms with E-state index in [0.717, 1.165) is 11.0 Å². The van der Waals surface area contributed by atoms with Crippen LogP contribution in [0.3, 0.4) is 0 Å². The molecule has 0 aliphatic carbocycles. The van der Waals surface area contributed by atoms with Gasteiger partial charge in [-0.1, -0.05) is 60.1 Å². The standard InChI is InChI=1S/C24H20ClN3O2/c1-16(26-24(30)18-10-7-11-19(25)14-18)23-27-20-12-5-6-13-21(20)28(23)15-22(29)17-8-3-2-4-9-17/h2-14,16H,15H2,1H3,(H,26,30). The topological polar surface area (TPSA) is 64.0 Å². The molecule has 0 saturated carbocycles. The molecule has 0 saturated heterocycles. The van der Waals surface area contributed by atoms with E-state index in [0.29, 0.717) is 22.0 Å². The van der Waals surface area contributed by atoms with Crippen molar-refractivity contribution in [3.63, 3.8) is 0 Å². The Bertz CT molecular complexity index is 1220. The fraction of sp³-hybridized carbons (Fsp3) is 0.125. The van der Waals surface area contributed by atoms with Gasteiger partial charge in [0.25, 0.3) is 5.91 Å². The number of nitrogens with one attached hydrogen (secondary N) is 1. The number of carbonyl (C=O) groups excluding carboxylic acids is 2. The van der Waals surface area contributed by atoms with Gasteiger partial charge >= 0.3 is 0 Å². The number of halogens is 1. The molecule has 1 heterocycles. The highest BCUT2D eigenvalue weighted by molar-refractivity contribution is 6.30. The molecule has 0 bridgehead atoms. The number of amides is 1. The average molecular weight is 418 g/mol. The maximum Gasteiger partial charge on any atom is 0.251 e. The number of carbonyl (C=O) groups is 2. The zero-order chi connectivity index (χ0) is 21.1. The number of benzene rings is 3. The number of imidazole rings is 1. The Morgan fingerprint density at radius 2 is 1.67 bits per heavy atom. The van der Waals surface area contributed by atoms with Crippen molar-refractivity contribution in [3.05, 3.63) is 101 Å². The number of fused-ring (bicyclic) bond motifs is 1. The van der Waals surface area contributed by atoms with Gasteiger partial charge in [-0.2, -0.15) is 0 Å². The molecule has 4 rings (SSSR count). The van der Waals surface area contributed by atoms with Gasteiger partial charge in [0, 0.05) is 16.1 Å². The van der Waals surface area contributed by atoms with Crippen molar-refractivity contribution in [2.24, 2.45) is 0 Å². The molecule has 1 atom stereocenters. The van der Waals surface area contributed by atoms with Crippen LogP contribution < -0.4 is 5.32 Å². The molecule has 1 amide bonds. The fourth-order valence-corrected chi connectivity index (χ4v) is 3.61. The van der Waals surface area contributed by atoms with E-state index in [2.05, 4.69) is 5.32 Å². The number of nitrogens with zero attached hydrogens (tertiary/aromatic N) is 2. The number of ketones is 1. The zero-order valence-electron chi connectivity index (χ0n) is 16.4. The maximum absolute atomic E-state index is 12.9. The minimum Gasteiger partial charge on any atom is -0.342 e. The van der Waals surface area contributed by atoms with E-state index in [1.54, 1.807) is 36.4 Å². The third-order valence-corrected chi connectivity index (χ3v) is 5.14. The molecule has 150 valence electrons. The molecule has 0 aliphatic rings. The van der Waals surface area contributed by atoms with E-state index in [4.69, 9.17) is 16.6 Å². The molecule has 3 aromatic carbocycles. The summed E-state index contributed by atoms with van der Waals surface area (Å²) in [5, 5.41) is 3.46. The highest BCUT2D eigenvalue weighted by Gasteiger charge is 2.21. The lowest BCUT2D eigenvalue weighted by atomic mass is 10.1. The van der Waals surface area contributed by atoms with Crippen molar-refractivity contribution < 1.29 is 9.59 Å². The summed E-state index contributed by atoms with van der Waals surface area (Å²) in [7, 11) is 0. The lowest BCUT2D eigenvalue weighted by Crippen LogP contribution is -2.29. The van der Waals surface area contributed by atoms with Crippen LogP contribution in [-0.2, 0) is 6.54 Å². The van der Waals surface area contributed by atoms with E-state index >= 15 is 0 Å². The Hall–Kier alpha value is -3.44. The van der Waals surface area contributed by atoms with Gasteiger partial charge in [-0.25, -0.2) is 4.98 Å². The van der Waals surface area contributed by atoms with Crippen LogP contribution in [0.25, 0.3) is 11.0 Å². The van der Waals surface area contributed by atoms with Gasteiger partial charge in [-0.05, 0) is 37.3 Å². The van der Waals surface area contributed by atoms with Gasteiger partial charge in [-0.15, -0.1) is 0 Å². The van der Waals surface area contributed by atoms with Crippen LogP contribution in [0.5, 0.6) is 0 Å². The molecule has 0 aliphatic heterocycles. The molecule has 0 radical (unpaired) electrons. The molecule has 1 N–H and O–H groups in total. The van der Waals surface area contributed by atoms with Gasteiger partial charge < -0.3 is 9.88 Å². The highest BCUT2D eigenvalue weighted by atomic mass is 35.5. The minimum atomic E-state index is -0.410. The highest BCUT2D eigenvalue weighted by Crippen LogP contribution is 2.22. The summed E-state index contributed by atoms with van der Waals surface area (Å²) >= 11 is 6.00. The summed E-state index contributed by atoms with van der Waals surface area (Å²) in [4.78, 5) is 30.2. The zero-order valence-corrected chi connectivity index (χ0v) is 17.1. The first kappa shape index (κ1) is 19.9. The average Bonchev–Trinajstić information content (AvgIpc) is 3.13. The summed E-state index contributed by atoms with van der Waals surface area (Å²) in [6, 6.07) is 23.1. The lowest BCUT2D eigenvalue weighted by molar-refractivity contribution is 0.0937. The Morgan fingerprint density at radius 3 is 2.43 bits per heavy atom. The predicted molar refractivity (Wildman–Crippen MR) is 118 cm³/mol. The van der Waals surface area contributed by atoms with E-state index < -0.39 is 6.04 Å². The summed E-state index contributed by atoms with van der Waals surface area (Å²) in [5.41, 5.74) is 2.73. The van der Waals surface area contributed by atoms with Gasteiger partial charge in [0.2, 0.25) is 0 Å². The summed E-state index contributed by atoms with van der Waals surface area (Å²) in [6.45, 7) is 1.99.